The molecule has 0 spiro atoms. The average Bonchev–Trinajstić information content (AvgIpc) is 2.16. The molecule has 14 heavy (non-hydrogen) atoms. The second kappa shape index (κ2) is 4.78. The van der Waals surface area contributed by atoms with Crippen molar-refractivity contribution in [1.29, 1.82) is 5.26 Å². The normalized spacial score (nSPS) is 12.1. The molecule has 1 atom stereocenters. The molecule has 0 aromatic heterocycles. The molecule has 1 aromatic rings. The molecule has 2 N–H and O–H groups in total. The largest absolute Gasteiger partial charge is 0.328 e. The number of hydrogen-bond acceptors (Lipinski definition) is 2. The molecular formula is C12H16N2. The topological polar surface area (TPSA) is 49.8 Å². The van der Waals surface area contributed by atoms with Crippen LogP contribution in [-0.4, -0.2) is 6.04 Å². The third-order valence-electron chi connectivity index (χ3n) is 2.35. The van der Waals surface area contributed by atoms with Crippen molar-refractivity contribution in [2.24, 2.45) is 5.73 Å². The fraction of sp³-hybridized carbons (Fsp3) is 0.417. The van der Waals surface area contributed by atoms with Crippen LogP contribution in [0.1, 0.15) is 30.0 Å². The van der Waals surface area contributed by atoms with Crippen molar-refractivity contribution in [2.45, 2.75) is 32.7 Å². The Labute approximate surface area is 85.4 Å². The van der Waals surface area contributed by atoms with Crippen molar-refractivity contribution in [3.63, 3.8) is 0 Å². The Kier molecular flexibility index (Phi) is 3.67. The maximum Gasteiger partial charge on any atom is 0.0991 e. The van der Waals surface area contributed by atoms with Gasteiger partial charge in [0.1, 0.15) is 0 Å². The molecule has 0 heterocycles. The molecule has 0 radical (unpaired) electrons. The molecule has 0 aliphatic heterocycles. The van der Waals surface area contributed by atoms with Crippen LogP contribution in [0.2, 0.25) is 0 Å². The first-order valence-electron chi connectivity index (χ1n) is 4.88. The van der Waals surface area contributed by atoms with Crippen molar-refractivity contribution in [2.75, 3.05) is 0 Å². The smallest absolute Gasteiger partial charge is 0.0991 e. The first-order valence-corrected chi connectivity index (χ1v) is 4.88. The number of nitrogens with two attached hydrogens (primary N) is 1. The van der Waals surface area contributed by atoms with E-state index < -0.39 is 0 Å². The van der Waals surface area contributed by atoms with Crippen LogP contribution in [0.5, 0.6) is 0 Å². The number of nitrogens with zero attached hydrogens (tertiary/aromatic N) is 1. The zero-order valence-electron chi connectivity index (χ0n) is 8.75. The van der Waals surface area contributed by atoms with E-state index in [1.807, 2.05) is 25.1 Å². The van der Waals surface area contributed by atoms with E-state index in [9.17, 15) is 0 Å². The zero-order chi connectivity index (χ0) is 10.6. The van der Waals surface area contributed by atoms with Gasteiger partial charge in [-0.15, -0.1) is 0 Å². The molecule has 0 aliphatic rings. The number of nitriles is 1. The molecular weight excluding hydrogens is 172 g/mol. The number of aryl methyl sites for hydroxylation is 2. The third kappa shape index (κ3) is 2.86. The molecule has 74 valence electrons. The summed E-state index contributed by atoms with van der Waals surface area (Å²) in [6.07, 6.45) is 1.93. The van der Waals surface area contributed by atoms with E-state index in [0.29, 0.717) is 0 Å². The van der Waals surface area contributed by atoms with Gasteiger partial charge in [0.2, 0.25) is 0 Å². The minimum absolute atomic E-state index is 0.222. The van der Waals surface area contributed by atoms with Crippen molar-refractivity contribution in [3.8, 4) is 6.07 Å². The van der Waals surface area contributed by atoms with E-state index >= 15 is 0 Å². The molecule has 1 rings (SSSR count). The zero-order valence-corrected chi connectivity index (χ0v) is 8.75. The highest BCUT2D eigenvalue weighted by molar-refractivity contribution is 5.37. The van der Waals surface area contributed by atoms with Crippen LogP contribution < -0.4 is 5.73 Å². The van der Waals surface area contributed by atoms with Crippen LogP contribution in [0, 0.1) is 18.3 Å². The Bertz CT molecular complexity index is 348. The minimum Gasteiger partial charge on any atom is -0.328 e. The van der Waals surface area contributed by atoms with E-state index in [2.05, 4.69) is 13.0 Å². The number of rotatable bonds is 3. The standard InChI is InChI=1S/C12H16N2/c1-9-3-5-11(8-13)7-12(9)6-4-10(2)14/h3,5,7,10H,4,6,14H2,1-2H3/t10-/m0/s1. The molecule has 2 nitrogen and oxygen atoms in total. The van der Waals surface area contributed by atoms with Gasteiger partial charge in [0.25, 0.3) is 0 Å². The Morgan fingerprint density at radius 3 is 2.79 bits per heavy atom. The third-order valence-corrected chi connectivity index (χ3v) is 2.35. The van der Waals surface area contributed by atoms with Gasteiger partial charge in [-0.1, -0.05) is 6.07 Å². The molecule has 0 aliphatic carbocycles. The minimum atomic E-state index is 0.222. The van der Waals surface area contributed by atoms with Crippen LogP contribution in [-0.2, 0) is 6.42 Å². The Hall–Kier alpha value is -1.33. The summed E-state index contributed by atoms with van der Waals surface area (Å²) in [5.41, 5.74) is 8.91. The monoisotopic (exact) mass is 188 g/mol. The van der Waals surface area contributed by atoms with Gasteiger partial charge in [-0.05, 0) is 49.9 Å². The van der Waals surface area contributed by atoms with Gasteiger partial charge in [-0.3, -0.25) is 0 Å². The summed E-state index contributed by atoms with van der Waals surface area (Å²) in [7, 11) is 0. The Balaban J connectivity index is 2.80. The van der Waals surface area contributed by atoms with Gasteiger partial charge in [0.05, 0.1) is 11.6 Å². The molecule has 1 aromatic carbocycles. The quantitative estimate of drug-likeness (QED) is 0.790. The summed E-state index contributed by atoms with van der Waals surface area (Å²) >= 11 is 0. The summed E-state index contributed by atoms with van der Waals surface area (Å²) in [6, 6.07) is 8.18. The van der Waals surface area contributed by atoms with Gasteiger partial charge >= 0.3 is 0 Å². The summed E-state index contributed by atoms with van der Waals surface area (Å²) in [4.78, 5) is 0. The van der Waals surface area contributed by atoms with Crippen LogP contribution >= 0.6 is 0 Å². The lowest BCUT2D eigenvalue weighted by molar-refractivity contribution is 0.664. The van der Waals surface area contributed by atoms with Crippen LogP contribution in [0.15, 0.2) is 18.2 Å². The van der Waals surface area contributed by atoms with E-state index in [1.54, 1.807) is 0 Å². The lowest BCUT2D eigenvalue weighted by atomic mass is 9.99. The fourth-order valence-corrected chi connectivity index (χ4v) is 1.39. The second-order valence-electron chi connectivity index (χ2n) is 3.77. The van der Waals surface area contributed by atoms with Crippen LogP contribution in [0.4, 0.5) is 0 Å². The predicted octanol–water partition coefficient (Wildman–Crippen LogP) is 2.15. The van der Waals surface area contributed by atoms with Gasteiger partial charge in [-0.25, -0.2) is 0 Å². The highest BCUT2D eigenvalue weighted by Gasteiger charge is 2.01. The first kappa shape index (κ1) is 10.7. The summed E-state index contributed by atoms with van der Waals surface area (Å²) in [5.74, 6) is 0. The summed E-state index contributed by atoms with van der Waals surface area (Å²) in [6.45, 7) is 4.07. The molecule has 2 heteroatoms. The SMILES string of the molecule is Cc1ccc(C#N)cc1CC[C@H](C)N. The maximum absolute atomic E-state index is 8.76. The van der Waals surface area contributed by atoms with Gasteiger partial charge in [0.15, 0.2) is 0 Å². The fourth-order valence-electron chi connectivity index (χ4n) is 1.39. The second-order valence-corrected chi connectivity index (χ2v) is 3.77. The van der Waals surface area contributed by atoms with Gasteiger partial charge in [-0.2, -0.15) is 5.26 Å². The lowest BCUT2D eigenvalue weighted by Gasteiger charge is -2.08. The molecule has 0 bridgehead atoms. The average molecular weight is 188 g/mol. The molecule has 0 saturated carbocycles. The van der Waals surface area contributed by atoms with Crippen molar-refractivity contribution >= 4 is 0 Å². The Morgan fingerprint density at radius 2 is 2.21 bits per heavy atom. The van der Waals surface area contributed by atoms with Crippen molar-refractivity contribution in [1.82, 2.24) is 0 Å². The highest BCUT2D eigenvalue weighted by Crippen LogP contribution is 2.13. The van der Waals surface area contributed by atoms with E-state index in [0.717, 1.165) is 18.4 Å². The predicted molar refractivity (Wildman–Crippen MR) is 57.9 cm³/mol. The molecule has 0 unspecified atom stereocenters. The van der Waals surface area contributed by atoms with E-state index in [-0.39, 0.29) is 6.04 Å². The highest BCUT2D eigenvalue weighted by atomic mass is 14.6. The first-order chi connectivity index (χ1) is 6.63. The number of benzene rings is 1. The summed E-state index contributed by atoms with van der Waals surface area (Å²) in [5, 5.41) is 8.76. The number of hydrogen-bond donors (Lipinski definition) is 1. The van der Waals surface area contributed by atoms with Gasteiger partial charge in [0, 0.05) is 6.04 Å². The van der Waals surface area contributed by atoms with Crippen molar-refractivity contribution < 1.29 is 0 Å². The summed E-state index contributed by atoms with van der Waals surface area (Å²) < 4.78 is 0. The van der Waals surface area contributed by atoms with Crippen molar-refractivity contribution in [3.05, 3.63) is 34.9 Å². The Morgan fingerprint density at radius 1 is 1.50 bits per heavy atom. The molecule has 0 amide bonds. The van der Waals surface area contributed by atoms with E-state index in [4.69, 9.17) is 11.0 Å². The lowest BCUT2D eigenvalue weighted by Crippen LogP contribution is -2.15. The van der Waals surface area contributed by atoms with Crippen LogP contribution in [0.3, 0.4) is 0 Å². The molecule has 0 fully saturated rings. The van der Waals surface area contributed by atoms with E-state index in [1.165, 1.54) is 11.1 Å². The maximum atomic E-state index is 8.76. The molecule has 0 saturated heterocycles. The van der Waals surface area contributed by atoms with Gasteiger partial charge < -0.3 is 5.73 Å². The van der Waals surface area contributed by atoms with Crippen LogP contribution in [0.25, 0.3) is 0 Å².